The van der Waals surface area contributed by atoms with Crippen molar-refractivity contribution >= 4 is 45.6 Å². The van der Waals surface area contributed by atoms with Gasteiger partial charge in [-0.2, -0.15) is 0 Å². The molecule has 32 heavy (non-hydrogen) atoms. The number of aromatic nitrogens is 3. The summed E-state index contributed by atoms with van der Waals surface area (Å²) in [5, 5.41) is 5.62. The van der Waals surface area contributed by atoms with Crippen LogP contribution in [0.4, 0.5) is 5.69 Å². The van der Waals surface area contributed by atoms with Gasteiger partial charge in [-0.1, -0.05) is 23.9 Å². The van der Waals surface area contributed by atoms with E-state index in [2.05, 4.69) is 10.3 Å². The van der Waals surface area contributed by atoms with Crippen LogP contribution in [0.3, 0.4) is 0 Å². The van der Waals surface area contributed by atoms with Crippen molar-refractivity contribution in [3.8, 4) is 0 Å². The van der Waals surface area contributed by atoms with Crippen LogP contribution in [0.25, 0.3) is 10.9 Å². The number of carbonyl (C=O) groups excluding carboxylic acids is 1. The van der Waals surface area contributed by atoms with Gasteiger partial charge in [-0.25, -0.2) is 9.97 Å². The molecule has 162 valence electrons. The molecule has 8 heteroatoms. The molecule has 0 saturated heterocycles. The zero-order valence-corrected chi connectivity index (χ0v) is 19.2. The van der Waals surface area contributed by atoms with E-state index in [4.69, 9.17) is 4.98 Å². The van der Waals surface area contributed by atoms with E-state index in [9.17, 15) is 9.59 Å². The highest BCUT2D eigenvalue weighted by Gasteiger charge is 2.28. The maximum atomic E-state index is 12.9. The van der Waals surface area contributed by atoms with Crippen molar-refractivity contribution < 1.29 is 4.79 Å². The topological polar surface area (TPSA) is 76.9 Å². The average molecular weight is 463 g/mol. The van der Waals surface area contributed by atoms with Crippen LogP contribution in [0.5, 0.6) is 0 Å². The molecule has 1 fully saturated rings. The summed E-state index contributed by atoms with van der Waals surface area (Å²) in [5.41, 5.74) is 2.46. The van der Waals surface area contributed by atoms with Crippen LogP contribution in [0, 0.1) is 6.92 Å². The standard InChI is InChI=1S/C24H22N4O2S2/c1-15-14-31-24(25-15)32-18-10-6-16(7-11-18)26-22(29)13-12-21-27-20-5-3-2-4-19(20)23(30)28(21)17-8-9-17/h2-7,10-11,14,17H,8-9,12-13H2,1H3,(H,26,29). The van der Waals surface area contributed by atoms with E-state index < -0.39 is 0 Å². The lowest BCUT2D eigenvalue weighted by molar-refractivity contribution is -0.116. The number of carbonyl (C=O) groups is 1. The Morgan fingerprint density at radius 3 is 2.66 bits per heavy atom. The number of nitrogens with one attached hydrogen (secondary N) is 1. The average Bonchev–Trinajstić information content (AvgIpc) is 3.54. The normalized spacial score (nSPS) is 13.4. The molecule has 2 aromatic carbocycles. The van der Waals surface area contributed by atoms with Gasteiger partial charge < -0.3 is 5.32 Å². The van der Waals surface area contributed by atoms with Crippen molar-refractivity contribution in [2.45, 2.75) is 47.9 Å². The number of fused-ring (bicyclic) bond motifs is 1. The Bertz CT molecular complexity index is 1340. The third kappa shape index (κ3) is 4.61. The summed E-state index contributed by atoms with van der Waals surface area (Å²) >= 11 is 3.23. The molecule has 1 amide bonds. The van der Waals surface area contributed by atoms with Crippen LogP contribution >= 0.6 is 23.1 Å². The van der Waals surface area contributed by atoms with Gasteiger partial charge in [-0.3, -0.25) is 14.2 Å². The van der Waals surface area contributed by atoms with Gasteiger partial charge >= 0.3 is 0 Å². The molecule has 6 nitrogen and oxygen atoms in total. The molecule has 1 aliphatic carbocycles. The smallest absolute Gasteiger partial charge is 0.261 e. The quantitative estimate of drug-likeness (QED) is 0.408. The van der Waals surface area contributed by atoms with E-state index in [-0.39, 0.29) is 23.9 Å². The van der Waals surface area contributed by atoms with Gasteiger partial charge in [-0.15, -0.1) is 11.3 Å². The minimum atomic E-state index is -0.0919. The Hall–Kier alpha value is -2.97. The van der Waals surface area contributed by atoms with E-state index in [1.807, 2.05) is 60.8 Å². The van der Waals surface area contributed by atoms with Crippen molar-refractivity contribution in [3.63, 3.8) is 0 Å². The molecule has 1 N–H and O–H groups in total. The van der Waals surface area contributed by atoms with Crippen molar-refractivity contribution in [1.82, 2.24) is 14.5 Å². The number of rotatable bonds is 7. The van der Waals surface area contributed by atoms with Crippen LogP contribution in [-0.2, 0) is 11.2 Å². The maximum Gasteiger partial charge on any atom is 0.261 e. The molecule has 4 aromatic rings. The summed E-state index contributed by atoms with van der Waals surface area (Å²) < 4.78 is 2.80. The van der Waals surface area contributed by atoms with E-state index in [1.54, 1.807) is 27.7 Å². The Labute approximate surface area is 193 Å². The predicted octanol–water partition coefficient (Wildman–Crippen LogP) is 5.22. The van der Waals surface area contributed by atoms with Gasteiger partial charge in [0.15, 0.2) is 4.34 Å². The largest absolute Gasteiger partial charge is 0.326 e. The fraction of sp³-hybridized carbons (Fsp3) is 0.250. The van der Waals surface area contributed by atoms with Gasteiger partial charge in [-0.05, 0) is 56.2 Å². The minimum Gasteiger partial charge on any atom is -0.326 e. The van der Waals surface area contributed by atoms with Crippen LogP contribution in [0.1, 0.15) is 36.8 Å². The second-order valence-electron chi connectivity index (χ2n) is 7.88. The zero-order chi connectivity index (χ0) is 22.1. The SMILES string of the molecule is Cc1csc(Sc2ccc(NC(=O)CCc3nc4ccccc4c(=O)n3C3CC3)cc2)n1. The molecule has 1 saturated carbocycles. The van der Waals surface area contributed by atoms with Gasteiger partial charge in [0, 0.05) is 40.5 Å². The molecule has 0 aliphatic heterocycles. The van der Waals surface area contributed by atoms with Crippen molar-refractivity contribution in [2.24, 2.45) is 0 Å². The lowest BCUT2D eigenvalue weighted by Crippen LogP contribution is -2.25. The first kappa shape index (κ1) is 20.9. The number of nitrogens with zero attached hydrogens (tertiary/aromatic N) is 3. The van der Waals surface area contributed by atoms with E-state index in [0.29, 0.717) is 23.1 Å². The third-order valence-electron chi connectivity index (χ3n) is 5.31. The lowest BCUT2D eigenvalue weighted by atomic mass is 10.2. The Morgan fingerprint density at radius 2 is 1.94 bits per heavy atom. The highest BCUT2D eigenvalue weighted by atomic mass is 32.2. The van der Waals surface area contributed by atoms with E-state index in [0.717, 1.165) is 33.5 Å². The summed E-state index contributed by atoms with van der Waals surface area (Å²) in [4.78, 5) is 35.8. The summed E-state index contributed by atoms with van der Waals surface area (Å²) in [6, 6.07) is 15.4. The number of hydrogen-bond donors (Lipinski definition) is 1. The number of amides is 1. The Kier molecular flexibility index (Phi) is 5.80. The first-order valence-electron chi connectivity index (χ1n) is 10.6. The van der Waals surface area contributed by atoms with E-state index in [1.165, 1.54) is 0 Å². The molecular weight excluding hydrogens is 440 g/mol. The summed E-state index contributed by atoms with van der Waals surface area (Å²) in [6.07, 6.45) is 2.68. The van der Waals surface area contributed by atoms with Crippen molar-refractivity contribution in [2.75, 3.05) is 5.32 Å². The molecule has 0 spiro atoms. The number of thiazole rings is 1. The lowest BCUT2D eigenvalue weighted by Gasteiger charge is -2.13. The molecule has 2 aromatic heterocycles. The first-order valence-corrected chi connectivity index (χ1v) is 12.3. The zero-order valence-electron chi connectivity index (χ0n) is 17.6. The molecule has 0 unspecified atom stereocenters. The number of anilines is 1. The highest BCUT2D eigenvalue weighted by molar-refractivity contribution is 8.01. The fourth-order valence-corrected chi connectivity index (χ4v) is 5.42. The third-order valence-corrected chi connectivity index (χ3v) is 7.37. The fourth-order valence-electron chi connectivity index (χ4n) is 3.61. The maximum absolute atomic E-state index is 12.9. The number of benzene rings is 2. The number of para-hydroxylation sites is 1. The molecule has 5 rings (SSSR count). The molecule has 0 radical (unpaired) electrons. The van der Waals surface area contributed by atoms with Crippen molar-refractivity contribution in [3.05, 3.63) is 75.8 Å². The van der Waals surface area contributed by atoms with Crippen LogP contribution < -0.4 is 10.9 Å². The molecule has 0 bridgehead atoms. The first-order chi connectivity index (χ1) is 15.6. The summed E-state index contributed by atoms with van der Waals surface area (Å²) in [5.74, 6) is 0.600. The second-order valence-corrected chi connectivity index (χ2v) is 10.1. The second kappa shape index (κ2) is 8.88. The molecule has 0 atom stereocenters. The summed E-state index contributed by atoms with van der Waals surface area (Å²) in [6.45, 7) is 1.98. The van der Waals surface area contributed by atoms with Gasteiger partial charge in [0.25, 0.3) is 5.56 Å². The molecular formula is C24H22N4O2S2. The van der Waals surface area contributed by atoms with Gasteiger partial charge in [0.1, 0.15) is 5.82 Å². The minimum absolute atomic E-state index is 0.00276. The summed E-state index contributed by atoms with van der Waals surface area (Å²) in [7, 11) is 0. The van der Waals surface area contributed by atoms with E-state index >= 15 is 0 Å². The van der Waals surface area contributed by atoms with Crippen molar-refractivity contribution in [1.29, 1.82) is 0 Å². The Balaban J connectivity index is 1.25. The van der Waals surface area contributed by atoms with Gasteiger partial charge in [0.2, 0.25) is 5.91 Å². The molecule has 2 heterocycles. The highest BCUT2D eigenvalue weighted by Crippen LogP contribution is 2.35. The monoisotopic (exact) mass is 462 g/mol. The molecule has 1 aliphatic rings. The van der Waals surface area contributed by atoms with Gasteiger partial charge in [0.05, 0.1) is 10.9 Å². The predicted molar refractivity (Wildman–Crippen MR) is 129 cm³/mol. The van der Waals surface area contributed by atoms with Crippen LogP contribution in [-0.4, -0.2) is 20.4 Å². The van der Waals surface area contributed by atoms with Crippen LogP contribution in [0.2, 0.25) is 0 Å². The van der Waals surface area contributed by atoms with Crippen LogP contribution in [0.15, 0.2) is 67.9 Å². The number of aryl methyl sites for hydroxylation is 2. The number of hydrogen-bond acceptors (Lipinski definition) is 6. The Morgan fingerprint density at radius 1 is 1.16 bits per heavy atom.